The highest BCUT2D eigenvalue weighted by Gasteiger charge is 2.20. The van der Waals surface area contributed by atoms with E-state index < -0.39 is 0 Å². The third-order valence-corrected chi connectivity index (χ3v) is 5.71. The van der Waals surface area contributed by atoms with Crippen LogP contribution in [0.5, 0.6) is 0 Å². The minimum Gasteiger partial charge on any atom is -0.309 e. The van der Waals surface area contributed by atoms with Crippen LogP contribution in [-0.2, 0) is 11.2 Å². The highest BCUT2D eigenvalue weighted by Crippen LogP contribution is 2.29. The van der Waals surface area contributed by atoms with Crippen molar-refractivity contribution in [1.29, 1.82) is 0 Å². The van der Waals surface area contributed by atoms with Crippen molar-refractivity contribution in [2.24, 2.45) is 0 Å². The molecule has 0 radical (unpaired) electrons. The van der Waals surface area contributed by atoms with E-state index in [-0.39, 0.29) is 18.3 Å². The highest BCUT2D eigenvalue weighted by atomic mass is 35.5. The van der Waals surface area contributed by atoms with Crippen LogP contribution in [0.3, 0.4) is 0 Å². The van der Waals surface area contributed by atoms with E-state index in [1.807, 2.05) is 23.1 Å². The fourth-order valence-corrected chi connectivity index (χ4v) is 4.11. The van der Waals surface area contributed by atoms with Gasteiger partial charge < -0.3 is 4.90 Å². The monoisotopic (exact) mass is 417 g/mol. The van der Waals surface area contributed by atoms with Crippen LogP contribution in [0.4, 0.5) is 5.13 Å². The first kappa shape index (κ1) is 22.3. The number of carbonyl (C=O) groups excluding carboxylic acids is 1. The molecule has 1 aromatic heterocycles. The molecular weight excluding hydrogens is 390 g/mol. The smallest absolute Gasteiger partial charge is 0.233 e. The summed E-state index contributed by atoms with van der Waals surface area (Å²) in [4.78, 5) is 21.9. The Kier molecular flexibility index (Phi) is 7.98. The Bertz CT molecular complexity index is 905. The van der Waals surface area contributed by atoms with Gasteiger partial charge in [-0.1, -0.05) is 47.2 Å². The Morgan fingerprint density at radius 3 is 2.54 bits per heavy atom. The zero-order valence-electron chi connectivity index (χ0n) is 16.9. The maximum Gasteiger partial charge on any atom is 0.233 e. The second-order valence-electron chi connectivity index (χ2n) is 7.27. The molecule has 0 aliphatic rings. The number of halogens is 1. The summed E-state index contributed by atoms with van der Waals surface area (Å²) < 4.78 is 1.12. The lowest BCUT2D eigenvalue weighted by Gasteiger charge is -2.21. The SMILES string of the molecule is Cc1ccc(C)c(CC(=O)N(CCCN(C)C)c2nc3ccccc3s2)c1.Cl. The number of hydrogen-bond donors (Lipinski definition) is 0. The number of thiazole rings is 1. The molecule has 1 heterocycles. The Balaban J connectivity index is 0.00000280. The molecule has 150 valence electrons. The van der Waals surface area contributed by atoms with E-state index in [9.17, 15) is 4.79 Å². The predicted octanol–water partition coefficient (Wildman–Crippen LogP) is 4.86. The summed E-state index contributed by atoms with van der Waals surface area (Å²) in [6.07, 6.45) is 1.33. The van der Waals surface area contributed by atoms with Crippen LogP contribution in [0.2, 0.25) is 0 Å². The second-order valence-corrected chi connectivity index (χ2v) is 8.28. The number of para-hydroxylation sites is 1. The van der Waals surface area contributed by atoms with Crippen LogP contribution in [0.1, 0.15) is 23.1 Å². The summed E-state index contributed by atoms with van der Waals surface area (Å²) in [5.74, 6) is 0.113. The van der Waals surface area contributed by atoms with Gasteiger partial charge in [0.25, 0.3) is 0 Å². The molecule has 1 amide bonds. The lowest BCUT2D eigenvalue weighted by atomic mass is 10.0. The summed E-state index contributed by atoms with van der Waals surface area (Å²) in [5, 5.41) is 0.797. The number of anilines is 1. The normalized spacial score (nSPS) is 10.9. The fourth-order valence-electron chi connectivity index (χ4n) is 3.10. The largest absolute Gasteiger partial charge is 0.309 e. The van der Waals surface area contributed by atoms with Crippen LogP contribution in [0, 0.1) is 13.8 Å². The third-order valence-electron chi connectivity index (χ3n) is 4.65. The first-order chi connectivity index (χ1) is 12.9. The lowest BCUT2D eigenvalue weighted by Crippen LogP contribution is -2.34. The maximum atomic E-state index is 13.2. The van der Waals surface area contributed by atoms with Crippen LogP contribution in [0.25, 0.3) is 10.2 Å². The zero-order chi connectivity index (χ0) is 19.4. The number of fused-ring (bicyclic) bond motifs is 1. The Hall–Kier alpha value is -1.95. The number of aryl methyl sites for hydroxylation is 2. The van der Waals surface area contributed by atoms with E-state index in [1.165, 1.54) is 5.56 Å². The number of rotatable bonds is 7. The fraction of sp³-hybridized carbons (Fsp3) is 0.364. The number of amides is 1. The Morgan fingerprint density at radius 2 is 1.82 bits per heavy atom. The van der Waals surface area contributed by atoms with Crippen molar-refractivity contribution in [2.75, 3.05) is 32.1 Å². The minimum absolute atomic E-state index is 0. The molecule has 3 aromatic rings. The minimum atomic E-state index is 0. The van der Waals surface area contributed by atoms with Crippen LogP contribution >= 0.6 is 23.7 Å². The van der Waals surface area contributed by atoms with Crippen molar-refractivity contribution >= 4 is 45.0 Å². The summed E-state index contributed by atoms with van der Waals surface area (Å²) in [7, 11) is 4.11. The molecule has 0 aliphatic carbocycles. The molecule has 3 rings (SSSR count). The molecule has 0 saturated heterocycles. The Labute approximate surface area is 177 Å². The van der Waals surface area contributed by atoms with Gasteiger partial charge in [-0.05, 0) is 64.2 Å². The van der Waals surface area contributed by atoms with Gasteiger partial charge in [-0.3, -0.25) is 9.69 Å². The lowest BCUT2D eigenvalue weighted by molar-refractivity contribution is -0.118. The molecular formula is C22H28ClN3OS. The van der Waals surface area contributed by atoms with Crippen molar-refractivity contribution in [2.45, 2.75) is 26.7 Å². The molecule has 0 unspecified atom stereocenters. The van der Waals surface area contributed by atoms with Crippen LogP contribution < -0.4 is 4.90 Å². The molecule has 2 aromatic carbocycles. The maximum absolute atomic E-state index is 13.2. The first-order valence-corrected chi connectivity index (χ1v) is 10.1. The van der Waals surface area contributed by atoms with E-state index in [0.717, 1.165) is 39.4 Å². The quantitative estimate of drug-likeness (QED) is 0.550. The number of carbonyl (C=O) groups is 1. The van der Waals surface area contributed by atoms with Gasteiger partial charge in [0.2, 0.25) is 5.91 Å². The number of nitrogens with zero attached hydrogens (tertiary/aromatic N) is 3. The first-order valence-electron chi connectivity index (χ1n) is 9.31. The molecule has 0 aliphatic heterocycles. The summed E-state index contributed by atoms with van der Waals surface area (Å²) >= 11 is 1.59. The average Bonchev–Trinajstić information content (AvgIpc) is 3.05. The highest BCUT2D eigenvalue weighted by molar-refractivity contribution is 7.22. The topological polar surface area (TPSA) is 36.4 Å². The van der Waals surface area contributed by atoms with E-state index in [4.69, 9.17) is 4.98 Å². The van der Waals surface area contributed by atoms with Gasteiger partial charge in [0.1, 0.15) is 0 Å². The molecule has 0 saturated carbocycles. The van der Waals surface area contributed by atoms with E-state index in [0.29, 0.717) is 13.0 Å². The molecule has 0 bridgehead atoms. The van der Waals surface area contributed by atoms with Gasteiger partial charge in [-0.2, -0.15) is 0 Å². The molecule has 4 nitrogen and oxygen atoms in total. The van der Waals surface area contributed by atoms with Crippen molar-refractivity contribution in [3.05, 3.63) is 59.2 Å². The number of hydrogen-bond acceptors (Lipinski definition) is 4. The van der Waals surface area contributed by atoms with E-state index in [1.54, 1.807) is 11.3 Å². The standard InChI is InChI=1S/C22H27N3OS.ClH/c1-16-10-11-17(2)18(14-16)15-21(26)25(13-7-12-24(3)4)22-23-19-8-5-6-9-20(19)27-22;/h5-6,8-11,14H,7,12-13,15H2,1-4H3;1H. The molecule has 28 heavy (non-hydrogen) atoms. The third kappa shape index (κ3) is 5.53. The van der Waals surface area contributed by atoms with Crippen molar-refractivity contribution in [1.82, 2.24) is 9.88 Å². The van der Waals surface area contributed by atoms with Crippen molar-refractivity contribution in [3.8, 4) is 0 Å². The predicted molar refractivity (Wildman–Crippen MR) is 122 cm³/mol. The van der Waals surface area contributed by atoms with Gasteiger partial charge in [0.15, 0.2) is 5.13 Å². The summed E-state index contributed by atoms with van der Waals surface area (Å²) in [6.45, 7) is 5.76. The average molecular weight is 418 g/mol. The molecule has 0 atom stereocenters. The zero-order valence-corrected chi connectivity index (χ0v) is 18.6. The molecule has 0 fully saturated rings. The van der Waals surface area contributed by atoms with E-state index in [2.05, 4.69) is 57.1 Å². The van der Waals surface area contributed by atoms with Crippen molar-refractivity contribution in [3.63, 3.8) is 0 Å². The molecule has 0 N–H and O–H groups in total. The van der Waals surface area contributed by atoms with Gasteiger partial charge >= 0.3 is 0 Å². The molecule has 0 spiro atoms. The van der Waals surface area contributed by atoms with Crippen LogP contribution in [-0.4, -0.2) is 43.0 Å². The Morgan fingerprint density at radius 1 is 1.07 bits per heavy atom. The number of aromatic nitrogens is 1. The van der Waals surface area contributed by atoms with Gasteiger partial charge in [-0.15, -0.1) is 12.4 Å². The van der Waals surface area contributed by atoms with Gasteiger partial charge in [0.05, 0.1) is 16.6 Å². The van der Waals surface area contributed by atoms with Gasteiger partial charge in [-0.25, -0.2) is 4.98 Å². The van der Waals surface area contributed by atoms with Gasteiger partial charge in [0, 0.05) is 6.54 Å². The van der Waals surface area contributed by atoms with Crippen LogP contribution in [0.15, 0.2) is 42.5 Å². The number of benzene rings is 2. The summed E-state index contributed by atoms with van der Waals surface area (Å²) in [6, 6.07) is 14.4. The second kappa shape index (κ2) is 10.0. The molecule has 6 heteroatoms. The summed E-state index contributed by atoms with van der Waals surface area (Å²) in [5.41, 5.74) is 4.39. The van der Waals surface area contributed by atoms with Crippen molar-refractivity contribution < 1.29 is 4.79 Å². The van der Waals surface area contributed by atoms with E-state index >= 15 is 0 Å².